The first-order chi connectivity index (χ1) is 13.0. The van der Waals surface area contributed by atoms with E-state index >= 15 is 0 Å². The molecule has 7 nitrogen and oxygen atoms in total. The molecule has 2 rings (SSSR count). The van der Waals surface area contributed by atoms with E-state index in [9.17, 15) is 13.2 Å². The van der Waals surface area contributed by atoms with Gasteiger partial charge in [-0.05, 0) is 37.7 Å². The zero-order valence-corrected chi connectivity index (χ0v) is 17.3. The third-order valence-corrected chi connectivity index (χ3v) is 6.46. The van der Waals surface area contributed by atoms with Crippen LogP contribution < -0.4 is 10.0 Å². The van der Waals surface area contributed by atoms with Gasteiger partial charge in [0.2, 0.25) is 15.2 Å². The summed E-state index contributed by atoms with van der Waals surface area (Å²) in [6.07, 6.45) is 8.19. The normalized spacial score (nSPS) is 11.5. The van der Waals surface area contributed by atoms with Crippen molar-refractivity contribution in [3.63, 3.8) is 0 Å². The third-order valence-electron chi connectivity index (χ3n) is 4.13. The fourth-order valence-electron chi connectivity index (χ4n) is 2.53. The highest BCUT2D eigenvalue weighted by Gasteiger charge is 2.14. The van der Waals surface area contributed by atoms with E-state index < -0.39 is 10.0 Å². The number of carbonyl (C=O) groups is 1. The van der Waals surface area contributed by atoms with Gasteiger partial charge in [0.05, 0.1) is 4.90 Å². The van der Waals surface area contributed by atoms with Gasteiger partial charge < -0.3 is 0 Å². The summed E-state index contributed by atoms with van der Waals surface area (Å²) in [5.74, 6) is -0.342. The monoisotopic (exact) mass is 410 g/mol. The molecule has 0 spiro atoms. The van der Waals surface area contributed by atoms with Gasteiger partial charge in [-0.1, -0.05) is 50.4 Å². The molecule has 9 heteroatoms. The highest BCUT2D eigenvalue weighted by Crippen LogP contribution is 2.19. The van der Waals surface area contributed by atoms with Gasteiger partial charge in [0, 0.05) is 12.0 Å². The number of unbranched alkanes of at least 4 members (excludes halogenated alkanes) is 5. The van der Waals surface area contributed by atoms with Crippen molar-refractivity contribution in [3.8, 4) is 0 Å². The fourth-order valence-corrected chi connectivity index (χ4v) is 4.04. The van der Waals surface area contributed by atoms with Crippen LogP contribution in [0.1, 0.15) is 60.8 Å². The summed E-state index contributed by atoms with van der Waals surface area (Å²) in [7, 11) is -2.17. The molecule has 0 aliphatic heterocycles. The topological polar surface area (TPSA) is 101 Å². The van der Waals surface area contributed by atoms with Crippen LogP contribution in [-0.4, -0.2) is 31.6 Å². The number of sulfonamides is 1. The Morgan fingerprint density at radius 2 is 1.70 bits per heavy atom. The van der Waals surface area contributed by atoms with Gasteiger partial charge in [0.25, 0.3) is 5.91 Å². The summed E-state index contributed by atoms with van der Waals surface area (Å²) in [5, 5.41) is 12.2. The van der Waals surface area contributed by atoms with Crippen molar-refractivity contribution >= 4 is 32.4 Å². The van der Waals surface area contributed by atoms with Crippen molar-refractivity contribution < 1.29 is 13.2 Å². The Hall–Kier alpha value is -1.84. The van der Waals surface area contributed by atoms with E-state index in [2.05, 4.69) is 27.2 Å². The van der Waals surface area contributed by atoms with Crippen LogP contribution in [0.25, 0.3) is 0 Å². The number of aryl methyl sites for hydroxylation is 1. The molecule has 0 fully saturated rings. The molecule has 0 radical (unpaired) electrons. The van der Waals surface area contributed by atoms with Crippen molar-refractivity contribution in [2.75, 3.05) is 12.4 Å². The molecule has 1 aromatic heterocycles. The van der Waals surface area contributed by atoms with Gasteiger partial charge in [0.15, 0.2) is 0 Å². The Kier molecular flexibility index (Phi) is 8.33. The van der Waals surface area contributed by atoms with Crippen LogP contribution in [0.2, 0.25) is 0 Å². The van der Waals surface area contributed by atoms with Crippen LogP contribution in [0.5, 0.6) is 0 Å². The number of hydrogen-bond acceptors (Lipinski definition) is 6. The van der Waals surface area contributed by atoms with E-state index in [1.807, 2.05) is 0 Å². The van der Waals surface area contributed by atoms with Gasteiger partial charge >= 0.3 is 0 Å². The molecule has 0 atom stereocenters. The summed E-state index contributed by atoms with van der Waals surface area (Å²) in [5.41, 5.74) is 0.359. The van der Waals surface area contributed by atoms with Crippen LogP contribution in [0.4, 0.5) is 5.13 Å². The lowest BCUT2D eigenvalue weighted by Gasteiger charge is -2.04. The van der Waals surface area contributed by atoms with Gasteiger partial charge in [0.1, 0.15) is 5.01 Å². The third kappa shape index (κ3) is 6.67. The van der Waals surface area contributed by atoms with E-state index in [0.717, 1.165) is 17.8 Å². The molecule has 1 amide bonds. The number of anilines is 1. The molecule has 0 saturated heterocycles. The van der Waals surface area contributed by atoms with Crippen molar-refractivity contribution in [1.82, 2.24) is 14.9 Å². The lowest BCUT2D eigenvalue weighted by atomic mass is 10.1. The molecule has 0 aliphatic rings. The maximum absolute atomic E-state index is 12.3. The van der Waals surface area contributed by atoms with Crippen molar-refractivity contribution in [3.05, 3.63) is 34.8 Å². The van der Waals surface area contributed by atoms with Gasteiger partial charge in [-0.15, -0.1) is 10.2 Å². The standard InChI is InChI=1S/C18H26N4O3S2/c1-3-4-5-6-7-8-9-16-21-22-18(26-16)20-17(23)14-10-12-15(13-11-14)27(24,25)19-2/h10-13,19H,3-9H2,1-2H3,(H,20,22,23). The van der Waals surface area contributed by atoms with Crippen molar-refractivity contribution in [1.29, 1.82) is 0 Å². The Morgan fingerprint density at radius 3 is 2.37 bits per heavy atom. The van der Waals surface area contributed by atoms with E-state index in [1.165, 1.54) is 74.8 Å². The van der Waals surface area contributed by atoms with Crippen LogP contribution in [0, 0.1) is 0 Å². The Balaban J connectivity index is 1.85. The Morgan fingerprint density at radius 1 is 1.04 bits per heavy atom. The number of rotatable bonds is 11. The molecular weight excluding hydrogens is 384 g/mol. The number of carbonyl (C=O) groups excluding carboxylic acids is 1. The fraction of sp³-hybridized carbons (Fsp3) is 0.500. The van der Waals surface area contributed by atoms with Crippen LogP contribution >= 0.6 is 11.3 Å². The summed E-state index contributed by atoms with van der Waals surface area (Å²) < 4.78 is 25.6. The molecule has 1 aromatic carbocycles. The van der Waals surface area contributed by atoms with Gasteiger partial charge in [-0.2, -0.15) is 0 Å². The number of aromatic nitrogens is 2. The first kappa shape index (κ1) is 21.5. The molecule has 0 unspecified atom stereocenters. The molecule has 2 N–H and O–H groups in total. The van der Waals surface area contributed by atoms with Crippen LogP contribution in [-0.2, 0) is 16.4 Å². The van der Waals surface area contributed by atoms with Crippen LogP contribution in [0.3, 0.4) is 0 Å². The van der Waals surface area contributed by atoms with E-state index in [-0.39, 0.29) is 10.8 Å². The largest absolute Gasteiger partial charge is 0.296 e. The predicted molar refractivity (Wildman–Crippen MR) is 108 cm³/mol. The first-order valence-electron chi connectivity index (χ1n) is 9.13. The minimum Gasteiger partial charge on any atom is -0.296 e. The Bertz CT molecular complexity index is 833. The molecule has 0 aliphatic carbocycles. The average molecular weight is 411 g/mol. The van der Waals surface area contributed by atoms with Crippen molar-refractivity contribution in [2.24, 2.45) is 0 Å². The molecule has 2 aromatic rings. The SMILES string of the molecule is CCCCCCCCc1nnc(NC(=O)c2ccc(S(=O)(=O)NC)cc2)s1. The van der Waals surface area contributed by atoms with E-state index in [4.69, 9.17) is 0 Å². The minimum atomic E-state index is -3.51. The Labute approximate surface area is 164 Å². The molecular formula is C18H26N4O3S2. The lowest BCUT2D eigenvalue weighted by Crippen LogP contribution is -2.19. The van der Waals surface area contributed by atoms with Gasteiger partial charge in [-0.3, -0.25) is 10.1 Å². The highest BCUT2D eigenvalue weighted by atomic mass is 32.2. The first-order valence-corrected chi connectivity index (χ1v) is 11.4. The molecule has 0 bridgehead atoms. The quantitative estimate of drug-likeness (QED) is 0.551. The number of amides is 1. The average Bonchev–Trinajstić information content (AvgIpc) is 3.12. The molecule has 0 saturated carbocycles. The van der Waals surface area contributed by atoms with Crippen molar-refractivity contribution in [2.45, 2.75) is 56.8 Å². The number of nitrogens with one attached hydrogen (secondary N) is 2. The van der Waals surface area contributed by atoms with Gasteiger partial charge in [-0.25, -0.2) is 13.1 Å². The molecule has 27 heavy (non-hydrogen) atoms. The second-order valence-corrected chi connectivity index (χ2v) is 9.15. The number of benzene rings is 1. The highest BCUT2D eigenvalue weighted by molar-refractivity contribution is 7.89. The van der Waals surface area contributed by atoms with E-state index in [0.29, 0.717) is 10.7 Å². The zero-order valence-electron chi connectivity index (χ0n) is 15.7. The predicted octanol–water partition coefficient (Wildman–Crippen LogP) is 3.60. The second-order valence-electron chi connectivity index (χ2n) is 6.20. The maximum atomic E-state index is 12.3. The van der Waals surface area contributed by atoms with Crippen LogP contribution in [0.15, 0.2) is 29.2 Å². The van der Waals surface area contributed by atoms with E-state index in [1.54, 1.807) is 0 Å². The maximum Gasteiger partial charge on any atom is 0.257 e. The minimum absolute atomic E-state index is 0.110. The summed E-state index contributed by atoms with van der Waals surface area (Å²) in [6, 6.07) is 5.73. The smallest absolute Gasteiger partial charge is 0.257 e. The second kappa shape index (κ2) is 10.5. The number of hydrogen-bond donors (Lipinski definition) is 2. The number of nitrogens with zero attached hydrogens (tertiary/aromatic N) is 2. The summed E-state index contributed by atoms with van der Waals surface area (Å²) in [6.45, 7) is 2.20. The lowest BCUT2D eigenvalue weighted by molar-refractivity contribution is 0.102. The molecule has 148 valence electrons. The zero-order chi connectivity index (χ0) is 19.7. The summed E-state index contributed by atoms with van der Waals surface area (Å²) in [4.78, 5) is 12.4. The molecule has 1 heterocycles. The summed E-state index contributed by atoms with van der Waals surface area (Å²) >= 11 is 1.38.